The lowest BCUT2D eigenvalue weighted by Crippen LogP contribution is -2.25. The van der Waals surface area contributed by atoms with Crippen LogP contribution in [0.25, 0.3) is 0 Å². The zero-order valence-corrected chi connectivity index (χ0v) is 11.9. The smallest absolute Gasteiger partial charge is 0.126 e. The molecule has 2 aromatic rings. The summed E-state index contributed by atoms with van der Waals surface area (Å²) in [5.74, 6) is -1.12. The fourth-order valence-corrected chi connectivity index (χ4v) is 3.40. The summed E-state index contributed by atoms with van der Waals surface area (Å²) in [5, 5.41) is 0. The summed E-state index contributed by atoms with van der Waals surface area (Å²) in [6, 6.07) is 7.35. The number of benzene rings is 1. The van der Waals surface area contributed by atoms with Crippen molar-refractivity contribution in [3.05, 3.63) is 56.2 Å². The summed E-state index contributed by atoms with van der Waals surface area (Å²) in [6.45, 7) is 0. The highest BCUT2D eigenvalue weighted by Crippen LogP contribution is 2.23. The van der Waals surface area contributed by atoms with Crippen LogP contribution < -0.4 is 5.73 Å². The van der Waals surface area contributed by atoms with Crippen molar-refractivity contribution in [3.8, 4) is 0 Å². The Morgan fingerprint density at radius 2 is 1.78 bits per heavy atom. The third-order valence-corrected chi connectivity index (χ3v) is 4.16. The van der Waals surface area contributed by atoms with Crippen LogP contribution in [0.4, 0.5) is 8.78 Å². The van der Waals surface area contributed by atoms with Gasteiger partial charge in [-0.15, -0.1) is 11.3 Å². The lowest BCUT2D eigenvalue weighted by atomic mass is 10.0. The van der Waals surface area contributed by atoms with Crippen LogP contribution in [0.2, 0.25) is 0 Å². The molecule has 0 aliphatic carbocycles. The third-order valence-electron chi connectivity index (χ3n) is 2.51. The van der Waals surface area contributed by atoms with Crippen molar-refractivity contribution in [2.24, 2.45) is 5.73 Å². The zero-order valence-electron chi connectivity index (χ0n) is 9.50. The Balaban J connectivity index is 2.00. The van der Waals surface area contributed by atoms with E-state index in [9.17, 15) is 8.78 Å². The largest absolute Gasteiger partial charge is 0.327 e. The first kappa shape index (κ1) is 13.6. The maximum absolute atomic E-state index is 13.0. The molecule has 0 saturated heterocycles. The molecule has 2 N–H and O–H groups in total. The highest BCUT2D eigenvalue weighted by atomic mass is 79.9. The van der Waals surface area contributed by atoms with E-state index < -0.39 is 11.6 Å². The lowest BCUT2D eigenvalue weighted by molar-refractivity contribution is 0.575. The topological polar surface area (TPSA) is 26.0 Å². The molecule has 0 bridgehead atoms. The van der Waals surface area contributed by atoms with E-state index in [4.69, 9.17) is 5.73 Å². The van der Waals surface area contributed by atoms with E-state index in [0.717, 1.165) is 14.7 Å². The van der Waals surface area contributed by atoms with Crippen molar-refractivity contribution in [1.82, 2.24) is 0 Å². The van der Waals surface area contributed by atoms with Gasteiger partial charge in [-0.25, -0.2) is 8.78 Å². The summed E-state index contributed by atoms with van der Waals surface area (Å²) in [6.07, 6.45) is 1.17. The van der Waals surface area contributed by atoms with Gasteiger partial charge >= 0.3 is 0 Å². The first-order valence-corrected chi connectivity index (χ1v) is 7.08. The number of nitrogens with two attached hydrogens (primary N) is 1. The number of rotatable bonds is 4. The lowest BCUT2D eigenvalue weighted by Gasteiger charge is -2.10. The normalized spacial score (nSPS) is 12.7. The van der Waals surface area contributed by atoms with Crippen LogP contribution in [0.3, 0.4) is 0 Å². The molecule has 1 unspecified atom stereocenters. The van der Waals surface area contributed by atoms with E-state index in [0.29, 0.717) is 18.4 Å². The second kappa shape index (κ2) is 5.91. The van der Waals surface area contributed by atoms with Gasteiger partial charge in [0.15, 0.2) is 0 Å². The van der Waals surface area contributed by atoms with Crippen molar-refractivity contribution in [1.29, 1.82) is 0 Å². The summed E-state index contributed by atoms with van der Waals surface area (Å²) in [5.41, 5.74) is 6.59. The SMILES string of the molecule is NC(Cc1cc(F)cc(F)c1)Cc1ccc(Br)s1. The zero-order chi connectivity index (χ0) is 13.1. The Morgan fingerprint density at radius 3 is 2.33 bits per heavy atom. The number of thiophene rings is 1. The van der Waals surface area contributed by atoms with Crippen molar-refractivity contribution < 1.29 is 8.78 Å². The van der Waals surface area contributed by atoms with Crippen LogP contribution in [0.5, 0.6) is 0 Å². The Labute approximate surface area is 117 Å². The van der Waals surface area contributed by atoms with Gasteiger partial charge in [0.25, 0.3) is 0 Å². The van der Waals surface area contributed by atoms with Crippen LogP contribution in [0.15, 0.2) is 34.1 Å². The first-order chi connectivity index (χ1) is 8.52. The van der Waals surface area contributed by atoms with E-state index >= 15 is 0 Å². The summed E-state index contributed by atoms with van der Waals surface area (Å²) < 4.78 is 27.1. The van der Waals surface area contributed by atoms with Crippen LogP contribution >= 0.6 is 27.3 Å². The molecule has 0 spiro atoms. The first-order valence-electron chi connectivity index (χ1n) is 5.47. The summed E-state index contributed by atoms with van der Waals surface area (Å²) >= 11 is 5.01. The predicted molar refractivity (Wildman–Crippen MR) is 73.8 cm³/mol. The fraction of sp³-hybridized carbons (Fsp3) is 0.231. The number of halogens is 3. The van der Waals surface area contributed by atoms with E-state index in [-0.39, 0.29) is 6.04 Å². The molecule has 5 heteroatoms. The van der Waals surface area contributed by atoms with Gasteiger partial charge in [0.2, 0.25) is 0 Å². The molecule has 1 nitrogen and oxygen atoms in total. The second-order valence-corrected chi connectivity index (χ2v) is 6.70. The van der Waals surface area contributed by atoms with Gasteiger partial charge in [0, 0.05) is 17.0 Å². The molecule has 0 aliphatic rings. The van der Waals surface area contributed by atoms with Crippen molar-refractivity contribution in [2.45, 2.75) is 18.9 Å². The maximum atomic E-state index is 13.0. The van der Waals surface area contributed by atoms with Gasteiger partial charge in [-0.2, -0.15) is 0 Å². The molecule has 2 rings (SSSR count). The monoisotopic (exact) mass is 331 g/mol. The quantitative estimate of drug-likeness (QED) is 0.903. The van der Waals surface area contributed by atoms with Crippen LogP contribution in [0, 0.1) is 11.6 Å². The van der Waals surface area contributed by atoms with Crippen LogP contribution in [-0.4, -0.2) is 6.04 Å². The molecular weight excluding hydrogens is 320 g/mol. The molecular formula is C13H12BrF2NS. The minimum atomic E-state index is -0.559. The van der Waals surface area contributed by atoms with Crippen molar-refractivity contribution >= 4 is 27.3 Å². The van der Waals surface area contributed by atoms with Crippen LogP contribution in [-0.2, 0) is 12.8 Å². The summed E-state index contributed by atoms with van der Waals surface area (Å²) in [7, 11) is 0. The number of hydrogen-bond donors (Lipinski definition) is 1. The van der Waals surface area contributed by atoms with E-state index in [1.54, 1.807) is 11.3 Å². The van der Waals surface area contributed by atoms with Crippen molar-refractivity contribution in [3.63, 3.8) is 0 Å². The third kappa shape index (κ3) is 3.86. The molecule has 1 heterocycles. The Kier molecular flexibility index (Phi) is 4.48. The van der Waals surface area contributed by atoms with Crippen molar-refractivity contribution in [2.75, 3.05) is 0 Å². The average Bonchev–Trinajstić information content (AvgIpc) is 2.61. The second-order valence-electron chi connectivity index (χ2n) is 4.15. The van der Waals surface area contributed by atoms with E-state index in [1.807, 2.05) is 12.1 Å². The Morgan fingerprint density at radius 1 is 1.11 bits per heavy atom. The number of hydrogen-bond acceptors (Lipinski definition) is 2. The van der Waals surface area contributed by atoms with Gasteiger partial charge < -0.3 is 5.73 Å². The van der Waals surface area contributed by atoms with Crippen LogP contribution in [0.1, 0.15) is 10.4 Å². The van der Waals surface area contributed by atoms with Gasteiger partial charge in [-0.05, 0) is 58.6 Å². The fourth-order valence-electron chi connectivity index (χ4n) is 1.82. The standard InChI is InChI=1S/C13H12BrF2NS/c14-13-2-1-12(18-13)7-11(17)5-8-3-9(15)6-10(16)4-8/h1-4,6,11H,5,7,17H2. The van der Waals surface area contributed by atoms with E-state index in [2.05, 4.69) is 15.9 Å². The van der Waals surface area contributed by atoms with E-state index in [1.165, 1.54) is 12.1 Å². The van der Waals surface area contributed by atoms with Gasteiger partial charge in [0.05, 0.1) is 3.79 Å². The molecule has 1 aromatic heterocycles. The maximum Gasteiger partial charge on any atom is 0.126 e. The van der Waals surface area contributed by atoms with Gasteiger partial charge in [-0.3, -0.25) is 0 Å². The van der Waals surface area contributed by atoms with Gasteiger partial charge in [-0.1, -0.05) is 0 Å². The van der Waals surface area contributed by atoms with Gasteiger partial charge in [0.1, 0.15) is 11.6 Å². The minimum Gasteiger partial charge on any atom is -0.327 e. The molecule has 1 atom stereocenters. The molecule has 0 radical (unpaired) electrons. The molecule has 0 fully saturated rings. The molecule has 0 amide bonds. The minimum absolute atomic E-state index is 0.142. The highest BCUT2D eigenvalue weighted by molar-refractivity contribution is 9.11. The molecule has 1 aromatic carbocycles. The predicted octanol–water partition coefficient (Wildman–Crippen LogP) is 3.90. The Hall–Kier alpha value is -0.780. The summed E-state index contributed by atoms with van der Waals surface area (Å²) in [4.78, 5) is 1.16. The average molecular weight is 332 g/mol. The molecule has 0 aliphatic heterocycles. The molecule has 0 saturated carbocycles. The Bertz CT molecular complexity index is 521. The molecule has 18 heavy (non-hydrogen) atoms. The molecule has 96 valence electrons. The highest BCUT2D eigenvalue weighted by Gasteiger charge is 2.09.